The Morgan fingerprint density at radius 1 is 1.17 bits per heavy atom. The zero-order valence-corrected chi connectivity index (χ0v) is 20.7. The standard InChI is InChI=1S/C24H26N6O5S/c1-3-36(34,35)18-8-6-16(7-9-18)29-19-5-4-11-25-22(19)30(24(29)33)17-10-12-28(14-17)15-21-26-13-20(23(31)32)27(21)2/h4-9,11,13,17H,3,10,12,14-15H2,1-2H3,(H,31,32). The van der Waals surface area contributed by atoms with Crippen LogP contribution in [0.2, 0.25) is 0 Å². The first-order valence-corrected chi connectivity index (χ1v) is 13.2. The highest BCUT2D eigenvalue weighted by Gasteiger charge is 2.30. The fraction of sp³-hybridized carbons (Fsp3) is 0.333. The van der Waals surface area contributed by atoms with Crippen LogP contribution in [0.3, 0.4) is 0 Å². The fourth-order valence-electron chi connectivity index (χ4n) is 4.76. The summed E-state index contributed by atoms with van der Waals surface area (Å²) in [7, 11) is -1.67. The second-order valence-corrected chi connectivity index (χ2v) is 11.1. The summed E-state index contributed by atoms with van der Waals surface area (Å²) in [6, 6.07) is 9.79. The summed E-state index contributed by atoms with van der Waals surface area (Å²) < 4.78 is 29.2. The third-order valence-electron chi connectivity index (χ3n) is 6.75. The minimum absolute atomic E-state index is 0.00357. The van der Waals surface area contributed by atoms with Gasteiger partial charge in [-0.2, -0.15) is 0 Å². The Balaban J connectivity index is 1.47. The van der Waals surface area contributed by atoms with Crippen molar-refractivity contribution in [3.05, 3.63) is 70.8 Å². The molecule has 0 spiro atoms. The van der Waals surface area contributed by atoms with Crippen molar-refractivity contribution < 1.29 is 18.3 Å². The molecule has 1 aliphatic heterocycles. The number of carbonyl (C=O) groups is 1. The van der Waals surface area contributed by atoms with Crippen molar-refractivity contribution in [1.29, 1.82) is 0 Å². The molecule has 1 aromatic carbocycles. The van der Waals surface area contributed by atoms with E-state index in [9.17, 15) is 23.1 Å². The summed E-state index contributed by atoms with van der Waals surface area (Å²) in [5.41, 5.74) is 1.65. The van der Waals surface area contributed by atoms with Gasteiger partial charge in [-0.3, -0.25) is 14.0 Å². The van der Waals surface area contributed by atoms with E-state index in [1.165, 1.54) is 18.3 Å². The Morgan fingerprint density at radius 2 is 1.92 bits per heavy atom. The van der Waals surface area contributed by atoms with Gasteiger partial charge in [0.1, 0.15) is 11.5 Å². The molecule has 3 aromatic heterocycles. The van der Waals surface area contributed by atoms with Gasteiger partial charge in [0.2, 0.25) is 0 Å². The second kappa shape index (κ2) is 9.03. The number of aromatic nitrogens is 5. The molecule has 4 aromatic rings. The molecule has 5 rings (SSSR count). The fourth-order valence-corrected chi connectivity index (χ4v) is 5.64. The predicted molar refractivity (Wildman–Crippen MR) is 132 cm³/mol. The lowest BCUT2D eigenvalue weighted by molar-refractivity contribution is 0.0686. The number of aromatic carboxylic acids is 1. The Labute approximate surface area is 207 Å². The van der Waals surface area contributed by atoms with Crippen molar-refractivity contribution in [1.82, 2.24) is 28.6 Å². The number of fused-ring (bicyclic) bond motifs is 1. The number of hydrogen-bond donors (Lipinski definition) is 1. The maximum Gasteiger partial charge on any atom is 0.354 e. The van der Waals surface area contributed by atoms with E-state index in [2.05, 4.69) is 14.9 Å². The Bertz CT molecular complexity index is 1620. The SMILES string of the molecule is CCS(=O)(=O)c1ccc(-n2c(=O)n(C3CCN(Cc4ncc(C(=O)O)n4C)C3)c3ncccc32)cc1. The number of pyridine rings is 1. The molecular formula is C24H26N6O5S. The second-order valence-electron chi connectivity index (χ2n) is 8.83. The third kappa shape index (κ3) is 4.01. The van der Waals surface area contributed by atoms with Crippen LogP contribution in [0.15, 0.2) is 58.5 Å². The predicted octanol–water partition coefficient (Wildman–Crippen LogP) is 1.86. The van der Waals surface area contributed by atoms with Crippen molar-refractivity contribution in [2.45, 2.75) is 30.8 Å². The van der Waals surface area contributed by atoms with E-state index >= 15 is 0 Å². The van der Waals surface area contributed by atoms with Gasteiger partial charge in [0.15, 0.2) is 15.5 Å². The lowest BCUT2D eigenvalue weighted by Crippen LogP contribution is -2.29. The summed E-state index contributed by atoms with van der Waals surface area (Å²) in [5, 5.41) is 9.27. The van der Waals surface area contributed by atoms with Crippen LogP contribution in [0.5, 0.6) is 0 Å². The van der Waals surface area contributed by atoms with Crippen molar-refractivity contribution in [3.8, 4) is 5.69 Å². The number of imidazole rings is 2. The summed E-state index contributed by atoms with van der Waals surface area (Å²) in [6.45, 7) is 3.36. The van der Waals surface area contributed by atoms with E-state index in [1.54, 1.807) is 52.1 Å². The molecule has 1 atom stereocenters. The first-order valence-electron chi connectivity index (χ1n) is 11.6. The number of hydrogen-bond acceptors (Lipinski definition) is 7. The van der Waals surface area contributed by atoms with E-state index in [0.29, 0.717) is 35.8 Å². The van der Waals surface area contributed by atoms with Crippen LogP contribution in [0, 0.1) is 0 Å². The number of rotatable bonds is 7. The molecule has 11 nitrogen and oxygen atoms in total. The Hall–Kier alpha value is -3.77. The van der Waals surface area contributed by atoms with E-state index in [1.807, 2.05) is 6.07 Å². The van der Waals surface area contributed by atoms with Crippen LogP contribution >= 0.6 is 0 Å². The number of carboxylic acids is 1. The molecule has 4 heterocycles. The lowest BCUT2D eigenvalue weighted by atomic mass is 10.2. The quantitative estimate of drug-likeness (QED) is 0.398. The zero-order chi connectivity index (χ0) is 25.6. The van der Waals surface area contributed by atoms with Gasteiger partial charge in [0, 0.05) is 26.3 Å². The maximum atomic E-state index is 13.7. The summed E-state index contributed by atoms with van der Waals surface area (Å²) in [6.07, 6.45) is 3.72. The van der Waals surface area contributed by atoms with E-state index < -0.39 is 15.8 Å². The van der Waals surface area contributed by atoms with Gasteiger partial charge in [-0.05, 0) is 42.8 Å². The molecule has 0 aliphatic carbocycles. The molecule has 0 amide bonds. The molecule has 12 heteroatoms. The largest absolute Gasteiger partial charge is 0.477 e. The van der Waals surface area contributed by atoms with Gasteiger partial charge in [0.25, 0.3) is 0 Å². The number of likely N-dealkylation sites (tertiary alicyclic amines) is 1. The maximum absolute atomic E-state index is 13.7. The molecule has 0 radical (unpaired) electrons. The average Bonchev–Trinajstić information content (AvgIpc) is 3.55. The Morgan fingerprint density at radius 3 is 2.58 bits per heavy atom. The van der Waals surface area contributed by atoms with Gasteiger partial charge < -0.3 is 9.67 Å². The molecule has 1 saturated heterocycles. The van der Waals surface area contributed by atoms with Crippen LogP contribution in [-0.4, -0.2) is 66.9 Å². The minimum Gasteiger partial charge on any atom is -0.477 e. The van der Waals surface area contributed by atoms with E-state index in [0.717, 1.165) is 13.0 Å². The topological polar surface area (TPSA) is 132 Å². The van der Waals surface area contributed by atoms with Gasteiger partial charge >= 0.3 is 11.7 Å². The van der Waals surface area contributed by atoms with Gasteiger partial charge in [-0.15, -0.1) is 0 Å². The molecule has 1 unspecified atom stereocenters. The van der Waals surface area contributed by atoms with Crippen LogP contribution in [-0.2, 0) is 23.4 Å². The summed E-state index contributed by atoms with van der Waals surface area (Å²) >= 11 is 0. The van der Waals surface area contributed by atoms with Crippen molar-refractivity contribution in [2.75, 3.05) is 18.8 Å². The van der Waals surface area contributed by atoms with Crippen LogP contribution in [0.1, 0.15) is 35.7 Å². The monoisotopic (exact) mass is 510 g/mol. The Kier molecular flexibility index (Phi) is 6.00. The normalized spacial score (nSPS) is 16.7. The highest BCUT2D eigenvalue weighted by molar-refractivity contribution is 7.91. The van der Waals surface area contributed by atoms with E-state index in [4.69, 9.17) is 0 Å². The summed E-state index contributed by atoms with van der Waals surface area (Å²) in [5.74, 6) is -0.381. The first-order chi connectivity index (χ1) is 17.2. The van der Waals surface area contributed by atoms with Crippen LogP contribution < -0.4 is 5.69 Å². The zero-order valence-electron chi connectivity index (χ0n) is 19.9. The van der Waals surface area contributed by atoms with Gasteiger partial charge in [0.05, 0.1) is 40.6 Å². The number of benzene rings is 1. The third-order valence-corrected chi connectivity index (χ3v) is 8.50. The minimum atomic E-state index is -3.35. The molecule has 0 saturated carbocycles. The highest BCUT2D eigenvalue weighted by atomic mass is 32.2. The van der Waals surface area contributed by atoms with Crippen molar-refractivity contribution >= 4 is 27.0 Å². The summed E-state index contributed by atoms with van der Waals surface area (Å²) in [4.78, 5) is 36.1. The van der Waals surface area contributed by atoms with Crippen molar-refractivity contribution in [2.24, 2.45) is 7.05 Å². The van der Waals surface area contributed by atoms with Crippen LogP contribution in [0.4, 0.5) is 0 Å². The molecular weight excluding hydrogens is 484 g/mol. The molecule has 1 N–H and O–H groups in total. The smallest absolute Gasteiger partial charge is 0.354 e. The number of carboxylic acid groups (broad SMARTS) is 1. The van der Waals surface area contributed by atoms with E-state index in [-0.39, 0.29) is 28.1 Å². The van der Waals surface area contributed by atoms with Gasteiger partial charge in [-0.1, -0.05) is 6.92 Å². The lowest BCUT2D eigenvalue weighted by Gasteiger charge is -2.16. The molecule has 0 bridgehead atoms. The first kappa shape index (κ1) is 23.9. The van der Waals surface area contributed by atoms with Gasteiger partial charge in [-0.25, -0.2) is 28.0 Å². The molecule has 188 valence electrons. The molecule has 1 fully saturated rings. The molecule has 36 heavy (non-hydrogen) atoms. The van der Waals surface area contributed by atoms with Crippen LogP contribution in [0.25, 0.3) is 16.9 Å². The number of sulfone groups is 1. The number of nitrogens with zero attached hydrogens (tertiary/aromatic N) is 6. The highest BCUT2D eigenvalue weighted by Crippen LogP contribution is 2.27. The molecule has 1 aliphatic rings. The average molecular weight is 511 g/mol. The van der Waals surface area contributed by atoms with Crippen molar-refractivity contribution in [3.63, 3.8) is 0 Å².